The number of likely N-dealkylation sites (tertiary alicyclic amines) is 1. The number of aryl methyl sites for hydroxylation is 1. The molecule has 1 aliphatic rings. The molecule has 2 rings (SSSR count). The van der Waals surface area contributed by atoms with Crippen LogP contribution in [0, 0.1) is 10.1 Å². The Labute approximate surface area is 127 Å². The standard InChI is InChI=1S/C15H18N2O5/c18-14(16-8-2-5-12(16)10-15(19)20)7-6-11-3-1-4-13(9-11)17(21)22/h1,3-4,9,12H,2,5-8,10H2,(H,19,20). The number of carboxylic acids is 1. The van der Waals surface area contributed by atoms with E-state index in [1.54, 1.807) is 17.0 Å². The number of amides is 1. The first-order valence-electron chi connectivity index (χ1n) is 7.22. The Kier molecular flexibility index (Phi) is 5.08. The third-order valence-corrected chi connectivity index (χ3v) is 3.86. The fourth-order valence-corrected chi connectivity index (χ4v) is 2.80. The van der Waals surface area contributed by atoms with Gasteiger partial charge in [0.25, 0.3) is 5.69 Å². The Hall–Kier alpha value is -2.44. The number of carbonyl (C=O) groups is 2. The molecule has 0 aromatic heterocycles. The fourth-order valence-electron chi connectivity index (χ4n) is 2.80. The molecule has 22 heavy (non-hydrogen) atoms. The highest BCUT2D eigenvalue weighted by Gasteiger charge is 2.29. The van der Waals surface area contributed by atoms with Crippen LogP contribution in [0.5, 0.6) is 0 Å². The van der Waals surface area contributed by atoms with Crippen LogP contribution in [0.2, 0.25) is 0 Å². The molecule has 7 nitrogen and oxygen atoms in total. The summed E-state index contributed by atoms with van der Waals surface area (Å²) in [4.78, 5) is 34.9. The highest BCUT2D eigenvalue weighted by molar-refractivity contribution is 5.78. The number of hydrogen-bond donors (Lipinski definition) is 1. The monoisotopic (exact) mass is 306 g/mol. The van der Waals surface area contributed by atoms with E-state index in [0.717, 1.165) is 18.4 Å². The summed E-state index contributed by atoms with van der Waals surface area (Å²) >= 11 is 0. The van der Waals surface area contributed by atoms with Crippen LogP contribution in [-0.2, 0) is 16.0 Å². The lowest BCUT2D eigenvalue weighted by atomic mass is 10.1. The van der Waals surface area contributed by atoms with Crippen LogP contribution >= 0.6 is 0 Å². The van der Waals surface area contributed by atoms with E-state index < -0.39 is 10.9 Å². The molecule has 1 unspecified atom stereocenters. The summed E-state index contributed by atoms with van der Waals surface area (Å²) in [6.45, 7) is 0.589. The molecule has 1 amide bonds. The SMILES string of the molecule is O=C(O)CC1CCCN1C(=O)CCc1cccc([N+](=O)[O-])c1. The van der Waals surface area contributed by atoms with Crippen molar-refractivity contribution in [2.24, 2.45) is 0 Å². The van der Waals surface area contributed by atoms with Gasteiger partial charge < -0.3 is 10.0 Å². The number of non-ortho nitro benzene ring substituents is 1. The van der Waals surface area contributed by atoms with Crippen LogP contribution in [0.1, 0.15) is 31.2 Å². The van der Waals surface area contributed by atoms with Crippen molar-refractivity contribution >= 4 is 17.6 Å². The summed E-state index contributed by atoms with van der Waals surface area (Å²) in [7, 11) is 0. The molecular formula is C15H18N2O5. The molecule has 1 aromatic carbocycles. The van der Waals surface area contributed by atoms with Gasteiger partial charge in [0, 0.05) is 31.1 Å². The van der Waals surface area contributed by atoms with E-state index in [4.69, 9.17) is 5.11 Å². The smallest absolute Gasteiger partial charge is 0.305 e. The molecule has 0 aliphatic carbocycles. The quantitative estimate of drug-likeness (QED) is 0.640. The lowest BCUT2D eigenvalue weighted by Crippen LogP contribution is -2.36. The summed E-state index contributed by atoms with van der Waals surface area (Å²) in [6, 6.07) is 6.00. The normalized spacial score (nSPS) is 17.5. The molecule has 1 aromatic rings. The molecule has 1 N–H and O–H groups in total. The molecule has 1 aliphatic heterocycles. The second-order valence-electron chi connectivity index (χ2n) is 5.41. The third-order valence-electron chi connectivity index (χ3n) is 3.86. The van der Waals surface area contributed by atoms with Crippen molar-refractivity contribution in [2.45, 2.75) is 38.1 Å². The zero-order chi connectivity index (χ0) is 16.1. The number of nitro groups is 1. The average Bonchev–Trinajstić information content (AvgIpc) is 2.92. The second kappa shape index (κ2) is 7.02. The first-order chi connectivity index (χ1) is 10.5. The van der Waals surface area contributed by atoms with E-state index in [1.165, 1.54) is 12.1 Å². The van der Waals surface area contributed by atoms with E-state index in [-0.39, 0.29) is 30.5 Å². The molecule has 0 radical (unpaired) electrons. The minimum absolute atomic E-state index is 0.00914. The van der Waals surface area contributed by atoms with E-state index in [2.05, 4.69) is 0 Å². The zero-order valence-corrected chi connectivity index (χ0v) is 12.1. The highest BCUT2D eigenvalue weighted by Crippen LogP contribution is 2.22. The lowest BCUT2D eigenvalue weighted by Gasteiger charge is -2.23. The third kappa shape index (κ3) is 4.03. The van der Waals surface area contributed by atoms with Gasteiger partial charge >= 0.3 is 5.97 Å². The Balaban J connectivity index is 1.93. The number of nitro benzene ring substituents is 1. The van der Waals surface area contributed by atoms with Gasteiger partial charge in [0.15, 0.2) is 0 Å². The number of benzene rings is 1. The van der Waals surface area contributed by atoms with Crippen LogP contribution in [0.4, 0.5) is 5.69 Å². The minimum Gasteiger partial charge on any atom is -0.481 e. The number of nitrogens with zero attached hydrogens (tertiary/aromatic N) is 2. The van der Waals surface area contributed by atoms with Gasteiger partial charge in [0.1, 0.15) is 0 Å². The molecule has 1 atom stereocenters. The Morgan fingerprint density at radius 2 is 2.18 bits per heavy atom. The van der Waals surface area contributed by atoms with E-state index >= 15 is 0 Å². The van der Waals surface area contributed by atoms with Crippen LogP contribution in [-0.4, -0.2) is 39.4 Å². The minimum atomic E-state index is -0.900. The molecule has 1 saturated heterocycles. The van der Waals surface area contributed by atoms with Crippen LogP contribution in [0.3, 0.4) is 0 Å². The number of rotatable bonds is 6. The van der Waals surface area contributed by atoms with Crippen molar-refractivity contribution in [2.75, 3.05) is 6.54 Å². The summed E-state index contributed by atoms with van der Waals surface area (Å²) in [6.07, 6.45) is 2.16. The molecule has 1 fully saturated rings. The second-order valence-corrected chi connectivity index (χ2v) is 5.41. The maximum Gasteiger partial charge on any atom is 0.305 e. The predicted octanol–water partition coefficient (Wildman–Crippen LogP) is 1.99. The first-order valence-corrected chi connectivity index (χ1v) is 7.22. The molecular weight excluding hydrogens is 288 g/mol. The topological polar surface area (TPSA) is 101 Å². The molecule has 0 bridgehead atoms. The van der Waals surface area contributed by atoms with Crippen molar-refractivity contribution in [1.82, 2.24) is 4.90 Å². The lowest BCUT2D eigenvalue weighted by molar-refractivity contribution is -0.384. The summed E-state index contributed by atoms with van der Waals surface area (Å²) in [5.74, 6) is -0.987. The van der Waals surface area contributed by atoms with Crippen molar-refractivity contribution in [3.8, 4) is 0 Å². The van der Waals surface area contributed by atoms with Crippen molar-refractivity contribution in [3.63, 3.8) is 0 Å². The van der Waals surface area contributed by atoms with E-state index in [9.17, 15) is 19.7 Å². The number of carbonyl (C=O) groups excluding carboxylic acids is 1. The Bertz CT molecular complexity index is 587. The van der Waals surface area contributed by atoms with Crippen molar-refractivity contribution in [3.05, 3.63) is 39.9 Å². The van der Waals surface area contributed by atoms with Gasteiger partial charge in [-0.3, -0.25) is 19.7 Å². The largest absolute Gasteiger partial charge is 0.481 e. The number of aliphatic carboxylic acids is 1. The van der Waals surface area contributed by atoms with Crippen LogP contribution in [0.15, 0.2) is 24.3 Å². The Morgan fingerprint density at radius 3 is 2.86 bits per heavy atom. The van der Waals surface area contributed by atoms with Gasteiger partial charge in [-0.15, -0.1) is 0 Å². The fraction of sp³-hybridized carbons (Fsp3) is 0.467. The van der Waals surface area contributed by atoms with E-state index in [1.807, 2.05) is 0 Å². The van der Waals surface area contributed by atoms with Gasteiger partial charge in [-0.25, -0.2) is 0 Å². The first kappa shape index (κ1) is 15.9. The number of carboxylic acid groups (broad SMARTS) is 1. The summed E-state index contributed by atoms with van der Waals surface area (Å²) in [5.41, 5.74) is 0.742. The van der Waals surface area contributed by atoms with Crippen LogP contribution < -0.4 is 0 Å². The predicted molar refractivity (Wildman–Crippen MR) is 78.4 cm³/mol. The molecule has 0 spiro atoms. The highest BCUT2D eigenvalue weighted by atomic mass is 16.6. The molecule has 1 heterocycles. The van der Waals surface area contributed by atoms with Gasteiger partial charge in [0.2, 0.25) is 5.91 Å². The maximum absolute atomic E-state index is 12.2. The summed E-state index contributed by atoms with van der Waals surface area (Å²) < 4.78 is 0. The van der Waals surface area contributed by atoms with E-state index in [0.29, 0.717) is 13.0 Å². The van der Waals surface area contributed by atoms with Gasteiger partial charge in [-0.1, -0.05) is 12.1 Å². The zero-order valence-electron chi connectivity index (χ0n) is 12.1. The van der Waals surface area contributed by atoms with Gasteiger partial charge in [-0.05, 0) is 24.8 Å². The van der Waals surface area contributed by atoms with Gasteiger partial charge in [0.05, 0.1) is 11.3 Å². The average molecular weight is 306 g/mol. The molecule has 0 saturated carbocycles. The van der Waals surface area contributed by atoms with Crippen molar-refractivity contribution < 1.29 is 19.6 Å². The van der Waals surface area contributed by atoms with Crippen molar-refractivity contribution in [1.29, 1.82) is 0 Å². The molecule has 7 heteroatoms. The Morgan fingerprint density at radius 1 is 1.41 bits per heavy atom. The summed E-state index contributed by atoms with van der Waals surface area (Å²) in [5, 5.41) is 19.6. The molecule has 118 valence electrons. The maximum atomic E-state index is 12.2. The van der Waals surface area contributed by atoms with Crippen LogP contribution in [0.25, 0.3) is 0 Å². The van der Waals surface area contributed by atoms with Gasteiger partial charge in [-0.2, -0.15) is 0 Å². The number of hydrogen-bond acceptors (Lipinski definition) is 4.